The average molecular weight is 780 g/mol. The number of likely N-dealkylation sites (tertiary alicyclic amines) is 1. The highest BCUT2D eigenvalue weighted by Crippen LogP contribution is 2.45. The Morgan fingerprint density at radius 2 is 1.52 bits per heavy atom. The quantitative estimate of drug-likeness (QED) is 0.141. The van der Waals surface area contributed by atoms with E-state index in [1.54, 1.807) is 30.3 Å². The molecular weight excluding hydrogens is 723 g/mol. The molecule has 1 saturated carbocycles. The first kappa shape index (κ1) is 40.3. The Balaban J connectivity index is 1.17. The number of carbonyl (C=O) groups is 1. The van der Waals surface area contributed by atoms with Gasteiger partial charge in [-0.15, -0.1) is 0 Å². The Morgan fingerprint density at radius 1 is 0.804 bits per heavy atom. The van der Waals surface area contributed by atoms with Gasteiger partial charge in [-0.1, -0.05) is 98.6 Å². The lowest BCUT2D eigenvalue weighted by Crippen LogP contribution is -2.61. The summed E-state index contributed by atoms with van der Waals surface area (Å²) >= 11 is 0. The third kappa shape index (κ3) is 9.44. The zero-order chi connectivity index (χ0) is 39.5. The SMILES string of the molecule is C[C@H]1[C@@H](CN2[C@@H](C(=O)NC(C)(C)C)CC[C@H]3CCCC[C@H]32)O[C@@H](c2cccc(-c3cccc(CNS(=O)(=O)c4ccccc4)c3)c2)O[C@H]1c1ccc(CO)cc1. The molecule has 3 N–H and O–H groups in total. The number of nitrogens with one attached hydrogen (secondary N) is 2. The summed E-state index contributed by atoms with van der Waals surface area (Å²) in [5.41, 5.74) is 5.16. The molecule has 7 rings (SSSR count). The number of benzene rings is 4. The van der Waals surface area contributed by atoms with Crippen molar-refractivity contribution in [2.24, 2.45) is 11.8 Å². The maximum Gasteiger partial charge on any atom is 0.240 e. The van der Waals surface area contributed by atoms with Crippen LogP contribution < -0.4 is 10.0 Å². The van der Waals surface area contributed by atoms with E-state index in [0.29, 0.717) is 18.5 Å². The standard InChI is InChI=1S/C46H57N3O6S/c1-31-42(29-49-40-19-9-8-13-34(40)24-25-41(49)44(51)48-46(2,3)4)54-45(55-43(31)35-22-20-32(30-50)21-23-35)38-16-11-15-37(27-38)36-14-10-12-33(26-36)28-47-56(52,53)39-17-6-5-7-18-39/h5-7,10-12,14-18,20-23,26-27,31,34,40-43,45,47,50H,8-9,13,19,24-25,28-30H2,1-4H3,(H,48,51)/t31-,34+,40+,41+,42+,43+,45+/m0/s1. The second-order valence-electron chi connectivity index (χ2n) is 16.9. The number of nitrogens with zero attached hydrogens (tertiary/aromatic N) is 1. The monoisotopic (exact) mass is 779 g/mol. The molecule has 0 bridgehead atoms. The predicted molar refractivity (Wildman–Crippen MR) is 219 cm³/mol. The van der Waals surface area contributed by atoms with Crippen LogP contribution in [0.2, 0.25) is 0 Å². The predicted octanol–water partition coefficient (Wildman–Crippen LogP) is 8.05. The molecule has 4 aromatic carbocycles. The van der Waals surface area contributed by atoms with Crippen molar-refractivity contribution in [2.45, 2.75) is 120 Å². The average Bonchev–Trinajstić information content (AvgIpc) is 3.21. The number of aliphatic hydroxyl groups is 1. The molecule has 9 nitrogen and oxygen atoms in total. The van der Waals surface area contributed by atoms with Crippen LogP contribution in [-0.4, -0.2) is 54.6 Å². The fourth-order valence-corrected chi connectivity index (χ4v) is 9.89. The summed E-state index contributed by atoms with van der Waals surface area (Å²) in [6.07, 6.45) is 5.43. The summed E-state index contributed by atoms with van der Waals surface area (Å²) in [4.78, 5) is 16.6. The Labute approximate surface area is 332 Å². The van der Waals surface area contributed by atoms with Gasteiger partial charge in [-0.05, 0) is 104 Å². The zero-order valence-corrected chi connectivity index (χ0v) is 33.9. The van der Waals surface area contributed by atoms with Crippen LogP contribution in [0.3, 0.4) is 0 Å². The van der Waals surface area contributed by atoms with Crippen LogP contribution in [-0.2, 0) is 37.4 Å². The maximum absolute atomic E-state index is 13.9. The first-order chi connectivity index (χ1) is 26.9. The Bertz CT molecular complexity index is 2050. The van der Waals surface area contributed by atoms with Crippen LogP contribution >= 0.6 is 0 Å². The van der Waals surface area contributed by atoms with Crippen LogP contribution in [0.25, 0.3) is 11.1 Å². The summed E-state index contributed by atoms with van der Waals surface area (Å²) in [5.74, 6) is 0.647. The number of ether oxygens (including phenoxy) is 2. The number of hydrogen-bond acceptors (Lipinski definition) is 7. The number of hydrogen-bond donors (Lipinski definition) is 3. The minimum atomic E-state index is -3.65. The Morgan fingerprint density at radius 3 is 2.25 bits per heavy atom. The molecule has 1 aliphatic carbocycles. The summed E-state index contributed by atoms with van der Waals surface area (Å²) in [5, 5.41) is 13.1. The minimum absolute atomic E-state index is 0.0268. The van der Waals surface area contributed by atoms with Gasteiger partial charge in [0.05, 0.1) is 29.8 Å². The molecule has 2 saturated heterocycles. The minimum Gasteiger partial charge on any atom is -0.392 e. The molecule has 3 fully saturated rings. The molecule has 0 unspecified atom stereocenters. The van der Waals surface area contributed by atoms with Gasteiger partial charge in [0.15, 0.2) is 6.29 Å². The molecule has 2 heterocycles. The number of aliphatic hydroxyl groups excluding tert-OH is 1. The lowest BCUT2D eigenvalue weighted by atomic mass is 9.75. The molecule has 10 heteroatoms. The van der Waals surface area contributed by atoms with Gasteiger partial charge >= 0.3 is 0 Å². The third-order valence-electron chi connectivity index (χ3n) is 11.8. The van der Waals surface area contributed by atoms with Gasteiger partial charge < -0.3 is 19.9 Å². The van der Waals surface area contributed by atoms with Crippen LogP contribution in [0.4, 0.5) is 0 Å². The summed E-state index contributed by atoms with van der Waals surface area (Å²) in [6, 6.07) is 32.5. The topological polar surface area (TPSA) is 117 Å². The summed E-state index contributed by atoms with van der Waals surface area (Å²) < 4.78 is 42.5. The number of rotatable bonds is 11. The van der Waals surface area contributed by atoms with Crippen LogP contribution in [0, 0.1) is 11.8 Å². The Hall–Kier alpha value is -3.90. The van der Waals surface area contributed by atoms with Crippen molar-refractivity contribution in [1.29, 1.82) is 0 Å². The molecule has 0 radical (unpaired) electrons. The normalized spacial score (nSPS) is 26.0. The fraction of sp³-hybridized carbons (Fsp3) is 0.457. The van der Waals surface area contributed by atoms with Gasteiger partial charge in [-0.3, -0.25) is 9.69 Å². The lowest BCUT2D eigenvalue weighted by Gasteiger charge is -2.51. The number of carbonyl (C=O) groups excluding carboxylic acids is 1. The number of amides is 1. The zero-order valence-electron chi connectivity index (χ0n) is 33.1. The highest BCUT2D eigenvalue weighted by atomic mass is 32.2. The van der Waals surface area contributed by atoms with E-state index in [-0.39, 0.29) is 53.7 Å². The summed E-state index contributed by atoms with van der Waals surface area (Å²) in [7, 11) is -3.65. The van der Waals surface area contributed by atoms with E-state index >= 15 is 0 Å². The third-order valence-corrected chi connectivity index (χ3v) is 13.2. The van der Waals surface area contributed by atoms with Gasteiger partial charge in [0.25, 0.3) is 0 Å². The van der Waals surface area contributed by atoms with Gasteiger partial charge in [-0.2, -0.15) is 0 Å². The maximum atomic E-state index is 13.9. The van der Waals surface area contributed by atoms with E-state index < -0.39 is 16.3 Å². The van der Waals surface area contributed by atoms with E-state index in [1.165, 1.54) is 19.3 Å². The molecule has 2 aliphatic heterocycles. The van der Waals surface area contributed by atoms with Crippen molar-refractivity contribution in [3.8, 4) is 11.1 Å². The van der Waals surface area contributed by atoms with E-state index in [2.05, 4.69) is 27.9 Å². The Kier molecular flexibility index (Phi) is 12.5. The van der Waals surface area contributed by atoms with E-state index in [1.807, 2.05) is 87.5 Å². The van der Waals surface area contributed by atoms with Crippen molar-refractivity contribution in [2.75, 3.05) is 6.54 Å². The van der Waals surface area contributed by atoms with Crippen molar-refractivity contribution >= 4 is 15.9 Å². The molecule has 56 heavy (non-hydrogen) atoms. The second-order valence-corrected chi connectivity index (χ2v) is 18.7. The fourth-order valence-electron chi connectivity index (χ4n) is 8.85. The molecule has 298 valence electrons. The highest BCUT2D eigenvalue weighted by molar-refractivity contribution is 7.89. The summed E-state index contributed by atoms with van der Waals surface area (Å²) in [6.45, 7) is 9.06. The van der Waals surface area contributed by atoms with Crippen LogP contribution in [0.15, 0.2) is 108 Å². The van der Waals surface area contributed by atoms with E-state index in [4.69, 9.17) is 9.47 Å². The molecule has 4 aromatic rings. The molecular formula is C46H57N3O6S. The van der Waals surface area contributed by atoms with E-state index in [9.17, 15) is 18.3 Å². The molecule has 0 aromatic heterocycles. The van der Waals surface area contributed by atoms with Crippen LogP contribution in [0.1, 0.15) is 101 Å². The van der Waals surface area contributed by atoms with Crippen molar-refractivity contribution in [3.05, 3.63) is 125 Å². The highest BCUT2D eigenvalue weighted by Gasteiger charge is 2.46. The largest absolute Gasteiger partial charge is 0.392 e. The first-order valence-electron chi connectivity index (χ1n) is 20.2. The molecule has 3 aliphatic rings. The molecule has 1 amide bonds. The number of sulfonamides is 1. The smallest absolute Gasteiger partial charge is 0.240 e. The number of piperidine rings is 1. The molecule has 7 atom stereocenters. The number of fused-ring (bicyclic) bond motifs is 1. The first-order valence-corrected chi connectivity index (χ1v) is 21.7. The van der Waals surface area contributed by atoms with E-state index in [0.717, 1.165) is 52.6 Å². The van der Waals surface area contributed by atoms with Crippen molar-refractivity contribution in [1.82, 2.24) is 14.9 Å². The van der Waals surface area contributed by atoms with Crippen molar-refractivity contribution < 1.29 is 27.8 Å². The molecule has 0 spiro atoms. The van der Waals surface area contributed by atoms with Crippen LogP contribution in [0.5, 0.6) is 0 Å². The van der Waals surface area contributed by atoms with Gasteiger partial charge in [0.1, 0.15) is 0 Å². The van der Waals surface area contributed by atoms with Gasteiger partial charge in [0.2, 0.25) is 15.9 Å². The van der Waals surface area contributed by atoms with Gasteiger partial charge in [0, 0.05) is 36.2 Å². The van der Waals surface area contributed by atoms with Gasteiger partial charge in [-0.25, -0.2) is 13.1 Å². The second kappa shape index (κ2) is 17.3. The lowest BCUT2D eigenvalue weighted by molar-refractivity contribution is -0.278. The van der Waals surface area contributed by atoms with Crippen molar-refractivity contribution in [3.63, 3.8) is 0 Å².